The highest BCUT2D eigenvalue weighted by Crippen LogP contribution is 2.23. The molecular formula is C16H25N5O4. The van der Waals surface area contributed by atoms with Crippen LogP contribution in [0.1, 0.15) is 25.7 Å². The molecule has 2 aromatic rings. The summed E-state index contributed by atoms with van der Waals surface area (Å²) >= 11 is 0. The van der Waals surface area contributed by atoms with E-state index in [1.54, 1.807) is 11.6 Å². The van der Waals surface area contributed by atoms with Gasteiger partial charge in [0.15, 0.2) is 11.2 Å². The van der Waals surface area contributed by atoms with Crippen LogP contribution in [-0.2, 0) is 20.6 Å². The fraction of sp³-hybridized carbons (Fsp3) is 0.688. The average molecular weight is 351 g/mol. The molecule has 3 rings (SSSR count). The van der Waals surface area contributed by atoms with Crippen molar-refractivity contribution >= 4 is 17.1 Å². The van der Waals surface area contributed by atoms with Crippen LogP contribution in [0.4, 0.5) is 5.95 Å². The monoisotopic (exact) mass is 351 g/mol. The molecule has 0 aromatic carbocycles. The zero-order valence-electron chi connectivity index (χ0n) is 14.7. The van der Waals surface area contributed by atoms with E-state index in [0.29, 0.717) is 11.6 Å². The molecule has 1 unspecified atom stereocenters. The number of hydrogen-bond acceptors (Lipinski definition) is 6. The summed E-state index contributed by atoms with van der Waals surface area (Å²) in [5.41, 5.74) is -0.307. The highest BCUT2D eigenvalue weighted by atomic mass is 16.3. The van der Waals surface area contributed by atoms with E-state index >= 15 is 0 Å². The Labute approximate surface area is 144 Å². The van der Waals surface area contributed by atoms with Crippen molar-refractivity contribution < 1.29 is 10.2 Å². The van der Waals surface area contributed by atoms with Gasteiger partial charge in [-0.2, -0.15) is 4.98 Å². The van der Waals surface area contributed by atoms with Gasteiger partial charge in [0.2, 0.25) is 5.95 Å². The molecule has 1 aliphatic heterocycles. The summed E-state index contributed by atoms with van der Waals surface area (Å²) in [7, 11) is 3.01. The number of hydrogen-bond donors (Lipinski definition) is 2. The third-order valence-electron chi connectivity index (χ3n) is 4.82. The number of imidazole rings is 1. The number of anilines is 1. The molecule has 3 heterocycles. The molecule has 0 amide bonds. The van der Waals surface area contributed by atoms with Crippen molar-refractivity contribution in [2.24, 2.45) is 14.1 Å². The van der Waals surface area contributed by atoms with Crippen molar-refractivity contribution in [3.05, 3.63) is 20.8 Å². The number of aliphatic hydroxyl groups is 2. The SMILES string of the molecule is Cn1c(=O)c2c(nc(N3CCCCCC3)n2CC(O)CO)n(C)c1=O. The lowest BCUT2D eigenvalue weighted by Crippen LogP contribution is -2.38. The van der Waals surface area contributed by atoms with E-state index < -0.39 is 24.0 Å². The van der Waals surface area contributed by atoms with Gasteiger partial charge in [-0.3, -0.25) is 13.9 Å². The fourth-order valence-corrected chi connectivity index (χ4v) is 3.39. The molecule has 1 fully saturated rings. The highest BCUT2D eigenvalue weighted by Gasteiger charge is 2.24. The van der Waals surface area contributed by atoms with E-state index in [4.69, 9.17) is 0 Å². The Kier molecular flexibility index (Phi) is 4.96. The van der Waals surface area contributed by atoms with Crippen molar-refractivity contribution in [2.45, 2.75) is 38.3 Å². The third-order valence-corrected chi connectivity index (χ3v) is 4.82. The summed E-state index contributed by atoms with van der Waals surface area (Å²) in [6, 6.07) is 0. The molecule has 0 bridgehead atoms. The van der Waals surface area contributed by atoms with E-state index in [0.717, 1.165) is 43.3 Å². The Morgan fingerprint density at radius 1 is 1.08 bits per heavy atom. The van der Waals surface area contributed by atoms with Crippen LogP contribution in [0, 0.1) is 0 Å². The Balaban J connectivity index is 2.26. The van der Waals surface area contributed by atoms with Crippen molar-refractivity contribution in [1.82, 2.24) is 18.7 Å². The standard InChI is InChI=1S/C16H25N5O4/c1-18-13-12(14(24)19(2)16(18)25)21(9-11(23)10-22)15(17-13)20-7-5-3-4-6-8-20/h11,22-23H,3-10H2,1-2H3. The third kappa shape index (κ3) is 3.09. The predicted molar refractivity (Wildman–Crippen MR) is 94.0 cm³/mol. The van der Waals surface area contributed by atoms with Crippen LogP contribution in [0.25, 0.3) is 11.2 Å². The molecule has 0 aliphatic carbocycles. The van der Waals surface area contributed by atoms with Crippen LogP contribution in [0.15, 0.2) is 9.59 Å². The van der Waals surface area contributed by atoms with Crippen LogP contribution in [0.3, 0.4) is 0 Å². The zero-order valence-corrected chi connectivity index (χ0v) is 14.7. The second-order valence-electron chi connectivity index (χ2n) is 6.64. The largest absolute Gasteiger partial charge is 0.394 e. The summed E-state index contributed by atoms with van der Waals surface area (Å²) in [5.74, 6) is 0.572. The first-order chi connectivity index (χ1) is 12.0. The first-order valence-electron chi connectivity index (χ1n) is 8.65. The van der Waals surface area contributed by atoms with E-state index in [1.807, 2.05) is 0 Å². The van der Waals surface area contributed by atoms with Gasteiger partial charge in [-0.05, 0) is 12.8 Å². The van der Waals surface area contributed by atoms with Gasteiger partial charge in [-0.25, -0.2) is 4.79 Å². The maximum absolute atomic E-state index is 12.7. The van der Waals surface area contributed by atoms with Gasteiger partial charge in [0.05, 0.1) is 19.3 Å². The number of aryl methyl sites for hydroxylation is 1. The van der Waals surface area contributed by atoms with E-state index in [2.05, 4.69) is 9.88 Å². The number of aliphatic hydroxyl groups excluding tert-OH is 2. The zero-order chi connectivity index (χ0) is 18.1. The molecule has 1 aliphatic rings. The molecule has 138 valence electrons. The van der Waals surface area contributed by atoms with Crippen molar-refractivity contribution in [3.63, 3.8) is 0 Å². The number of aromatic nitrogens is 4. The Bertz CT molecular complexity index is 873. The molecule has 1 saturated heterocycles. The van der Waals surface area contributed by atoms with Gasteiger partial charge in [0, 0.05) is 27.2 Å². The summed E-state index contributed by atoms with van der Waals surface area (Å²) in [4.78, 5) is 31.6. The molecule has 0 radical (unpaired) electrons. The van der Waals surface area contributed by atoms with Crippen LogP contribution < -0.4 is 16.1 Å². The average Bonchev–Trinajstić information content (AvgIpc) is 2.79. The molecular weight excluding hydrogens is 326 g/mol. The molecule has 1 atom stereocenters. The number of fused-ring (bicyclic) bond motifs is 1. The Morgan fingerprint density at radius 3 is 2.32 bits per heavy atom. The molecule has 9 nitrogen and oxygen atoms in total. The van der Waals surface area contributed by atoms with E-state index in [9.17, 15) is 19.8 Å². The van der Waals surface area contributed by atoms with Crippen molar-refractivity contribution in [2.75, 3.05) is 24.6 Å². The summed E-state index contributed by atoms with van der Waals surface area (Å²) in [5, 5.41) is 19.2. The van der Waals surface area contributed by atoms with Gasteiger partial charge >= 0.3 is 5.69 Å². The quantitative estimate of drug-likeness (QED) is 0.745. The first kappa shape index (κ1) is 17.7. The maximum Gasteiger partial charge on any atom is 0.332 e. The summed E-state index contributed by atoms with van der Waals surface area (Å²) in [6.07, 6.45) is 3.35. The van der Waals surface area contributed by atoms with Gasteiger partial charge in [-0.1, -0.05) is 12.8 Å². The highest BCUT2D eigenvalue weighted by molar-refractivity contribution is 5.74. The summed E-state index contributed by atoms with van der Waals surface area (Å²) < 4.78 is 4.03. The van der Waals surface area contributed by atoms with E-state index in [-0.39, 0.29) is 12.1 Å². The molecule has 25 heavy (non-hydrogen) atoms. The normalized spacial score (nSPS) is 17.0. The smallest absolute Gasteiger partial charge is 0.332 e. The van der Waals surface area contributed by atoms with Crippen LogP contribution >= 0.6 is 0 Å². The molecule has 2 aromatic heterocycles. The lowest BCUT2D eigenvalue weighted by atomic mass is 10.2. The molecule has 9 heteroatoms. The van der Waals surface area contributed by atoms with Gasteiger partial charge in [0.25, 0.3) is 5.56 Å². The lowest BCUT2D eigenvalue weighted by Gasteiger charge is -2.23. The van der Waals surface area contributed by atoms with Gasteiger partial charge in [0.1, 0.15) is 0 Å². The lowest BCUT2D eigenvalue weighted by molar-refractivity contribution is 0.0823. The molecule has 2 N–H and O–H groups in total. The van der Waals surface area contributed by atoms with Crippen LogP contribution in [0.5, 0.6) is 0 Å². The van der Waals surface area contributed by atoms with Crippen molar-refractivity contribution in [3.8, 4) is 0 Å². The van der Waals surface area contributed by atoms with Crippen LogP contribution in [-0.4, -0.2) is 54.7 Å². The fourth-order valence-electron chi connectivity index (χ4n) is 3.39. The summed E-state index contributed by atoms with van der Waals surface area (Å²) in [6.45, 7) is 1.26. The maximum atomic E-state index is 12.7. The molecule has 0 spiro atoms. The Morgan fingerprint density at radius 2 is 1.72 bits per heavy atom. The minimum absolute atomic E-state index is 0.0479. The molecule has 0 saturated carbocycles. The van der Waals surface area contributed by atoms with Gasteiger partial charge < -0.3 is 19.7 Å². The number of nitrogens with zero attached hydrogens (tertiary/aromatic N) is 5. The first-order valence-corrected chi connectivity index (χ1v) is 8.65. The predicted octanol–water partition coefficient (Wildman–Crippen LogP) is -0.833. The second kappa shape index (κ2) is 7.01. The number of rotatable bonds is 4. The topological polar surface area (TPSA) is 106 Å². The van der Waals surface area contributed by atoms with Crippen molar-refractivity contribution in [1.29, 1.82) is 0 Å². The second-order valence-corrected chi connectivity index (χ2v) is 6.64. The van der Waals surface area contributed by atoms with Crippen LogP contribution in [0.2, 0.25) is 0 Å². The van der Waals surface area contributed by atoms with Gasteiger partial charge in [-0.15, -0.1) is 0 Å². The minimum atomic E-state index is -1.01. The minimum Gasteiger partial charge on any atom is -0.394 e. The van der Waals surface area contributed by atoms with E-state index in [1.165, 1.54) is 11.6 Å². The Hall–Kier alpha value is -2.13.